The molecule has 1 aliphatic heterocycles. The van der Waals surface area contributed by atoms with Gasteiger partial charge >= 0.3 is 0 Å². The van der Waals surface area contributed by atoms with Crippen LogP contribution in [0.4, 0.5) is 0 Å². The fourth-order valence-electron chi connectivity index (χ4n) is 3.85. The van der Waals surface area contributed by atoms with Crippen LogP contribution >= 0.6 is 24.0 Å². The number of guanidine groups is 1. The van der Waals surface area contributed by atoms with Gasteiger partial charge in [0, 0.05) is 25.8 Å². The van der Waals surface area contributed by atoms with E-state index in [9.17, 15) is 8.42 Å². The van der Waals surface area contributed by atoms with Crippen LogP contribution in [0.5, 0.6) is 0 Å². The quantitative estimate of drug-likeness (QED) is 0.361. The summed E-state index contributed by atoms with van der Waals surface area (Å²) >= 11 is 0. The summed E-state index contributed by atoms with van der Waals surface area (Å²) in [6.45, 7) is 3.49. The van der Waals surface area contributed by atoms with E-state index in [1.807, 2.05) is 17.8 Å². The van der Waals surface area contributed by atoms with Gasteiger partial charge in [-0.3, -0.25) is 4.68 Å². The molecule has 2 fully saturated rings. The van der Waals surface area contributed by atoms with E-state index in [-0.39, 0.29) is 35.6 Å². The Kier molecular flexibility index (Phi) is 8.39. The van der Waals surface area contributed by atoms with Gasteiger partial charge in [-0.1, -0.05) is 19.8 Å². The van der Waals surface area contributed by atoms with Crippen molar-refractivity contribution < 1.29 is 8.42 Å². The molecule has 1 aromatic heterocycles. The van der Waals surface area contributed by atoms with Crippen molar-refractivity contribution in [1.82, 2.24) is 20.4 Å². The fourth-order valence-corrected chi connectivity index (χ4v) is 5.71. The predicted octanol–water partition coefficient (Wildman–Crippen LogP) is 2.09. The van der Waals surface area contributed by atoms with Crippen LogP contribution in [0.15, 0.2) is 17.3 Å². The Morgan fingerprint density at radius 1 is 1.33 bits per heavy atom. The molecule has 1 aromatic rings. The van der Waals surface area contributed by atoms with E-state index >= 15 is 0 Å². The van der Waals surface area contributed by atoms with Gasteiger partial charge < -0.3 is 10.6 Å². The minimum atomic E-state index is -2.84. The molecule has 3 atom stereocenters. The number of aryl methyl sites for hydroxylation is 1. The van der Waals surface area contributed by atoms with Gasteiger partial charge in [0.05, 0.1) is 23.7 Å². The first-order valence-corrected chi connectivity index (χ1v) is 11.5. The monoisotopic (exact) mass is 509 g/mol. The lowest BCUT2D eigenvalue weighted by molar-refractivity contribution is 0.306. The lowest BCUT2D eigenvalue weighted by Crippen LogP contribution is -2.48. The molecule has 0 radical (unpaired) electrons. The molecule has 154 valence electrons. The summed E-state index contributed by atoms with van der Waals surface area (Å²) in [7, 11) is -0.930. The van der Waals surface area contributed by atoms with E-state index in [4.69, 9.17) is 4.99 Å². The molecule has 2 heterocycles. The Morgan fingerprint density at radius 3 is 2.74 bits per heavy atom. The third-order valence-corrected chi connectivity index (χ3v) is 7.48. The Bertz CT molecular complexity index is 734. The molecule has 2 N–H and O–H groups in total. The van der Waals surface area contributed by atoms with Gasteiger partial charge in [0.2, 0.25) is 0 Å². The second kappa shape index (κ2) is 10.1. The Hall–Kier alpha value is -0.840. The Labute approximate surface area is 179 Å². The minimum absolute atomic E-state index is 0. The van der Waals surface area contributed by atoms with Crippen LogP contribution in [0.1, 0.15) is 44.7 Å². The Balaban J connectivity index is 0.00000261. The number of aromatic nitrogens is 2. The van der Waals surface area contributed by atoms with E-state index < -0.39 is 9.84 Å². The van der Waals surface area contributed by atoms with Crippen LogP contribution in [-0.2, 0) is 23.4 Å². The van der Waals surface area contributed by atoms with Crippen molar-refractivity contribution in [2.75, 3.05) is 18.1 Å². The molecule has 7 nitrogen and oxygen atoms in total. The lowest BCUT2D eigenvalue weighted by Gasteiger charge is -2.31. The van der Waals surface area contributed by atoms with E-state index in [1.54, 1.807) is 6.20 Å². The van der Waals surface area contributed by atoms with Gasteiger partial charge in [0.15, 0.2) is 15.8 Å². The maximum Gasteiger partial charge on any atom is 0.191 e. The van der Waals surface area contributed by atoms with Crippen LogP contribution in [0.25, 0.3) is 0 Å². The maximum atomic E-state index is 11.7. The molecule has 1 saturated carbocycles. The largest absolute Gasteiger partial charge is 0.356 e. The Morgan fingerprint density at radius 2 is 2.11 bits per heavy atom. The van der Waals surface area contributed by atoms with E-state index in [1.165, 1.54) is 19.3 Å². The number of sulfone groups is 1. The molecule has 1 aliphatic carbocycles. The standard InChI is InChI=1S/C18H31N5O2S.HI/c1-14-5-3-4-6-17(14)22-18(20-12-16-7-9-21-23(16)2)19-11-15-8-10-26(24,25)13-15;/h7,9,14-15,17H,3-6,8,10-13H2,1-2H3,(H2,19,20,22);1H. The van der Waals surface area contributed by atoms with Crippen molar-refractivity contribution in [3.8, 4) is 0 Å². The second-order valence-corrected chi connectivity index (χ2v) is 10.0. The number of hydrogen-bond donors (Lipinski definition) is 2. The lowest BCUT2D eigenvalue weighted by atomic mass is 9.86. The molecule has 0 aromatic carbocycles. The fraction of sp³-hybridized carbons (Fsp3) is 0.778. The van der Waals surface area contributed by atoms with Crippen LogP contribution in [0.2, 0.25) is 0 Å². The van der Waals surface area contributed by atoms with E-state index in [0.29, 0.717) is 30.8 Å². The topological polar surface area (TPSA) is 88.4 Å². The minimum Gasteiger partial charge on any atom is -0.356 e. The van der Waals surface area contributed by atoms with Crippen molar-refractivity contribution >= 4 is 39.8 Å². The summed E-state index contributed by atoms with van der Waals surface area (Å²) < 4.78 is 25.2. The van der Waals surface area contributed by atoms with Crippen molar-refractivity contribution in [2.24, 2.45) is 23.9 Å². The van der Waals surface area contributed by atoms with Gasteiger partial charge in [0.1, 0.15) is 0 Å². The smallest absolute Gasteiger partial charge is 0.191 e. The maximum absolute atomic E-state index is 11.7. The summed E-state index contributed by atoms with van der Waals surface area (Å²) in [6, 6.07) is 2.39. The molecule has 9 heteroatoms. The highest BCUT2D eigenvalue weighted by molar-refractivity contribution is 14.0. The van der Waals surface area contributed by atoms with Gasteiger partial charge in [-0.2, -0.15) is 5.10 Å². The zero-order chi connectivity index (χ0) is 18.6. The van der Waals surface area contributed by atoms with Crippen molar-refractivity contribution in [1.29, 1.82) is 0 Å². The molecule has 0 amide bonds. The van der Waals surface area contributed by atoms with E-state index in [0.717, 1.165) is 24.5 Å². The summed E-state index contributed by atoms with van der Waals surface area (Å²) in [5, 5.41) is 11.2. The molecular weight excluding hydrogens is 477 g/mol. The highest BCUT2D eigenvalue weighted by atomic mass is 127. The summed E-state index contributed by atoms with van der Waals surface area (Å²) in [5.74, 6) is 2.18. The highest BCUT2D eigenvalue weighted by Crippen LogP contribution is 2.23. The third-order valence-electron chi connectivity index (χ3n) is 5.64. The van der Waals surface area contributed by atoms with Gasteiger partial charge in [0.25, 0.3) is 0 Å². The third kappa shape index (κ3) is 6.62. The molecule has 2 aliphatic rings. The van der Waals surface area contributed by atoms with Crippen molar-refractivity contribution in [3.63, 3.8) is 0 Å². The normalized spacial score (nSPS) is 27.8. The summed E-state index contributed by atoms with van der Waals surface area (Å²) in [6.07, 6.45) is 7.47. The number of aliphatic imine (C=N–C) groups is 1. The number of nitrogens with zero attached hydrogens (tertiary/aromatic N) is 3. The van der Waals surface area contributed by atoms with Crippen LogP contribution < -0.4 is 10.6 Å². The van der Waals surface area contributed by atoms with Crippen molar-refractivity contribution in [3.05, 3.63) is 18.0 Å². The van der Waals surface area contributed by atoms with Gasteiger partial charge in [-0.15, -0.1) is 24.0 Å². The second-order valence-electron chi connectivity index (χ2n) is 7.77. The zero-order valence-corrected chi connectivity index (χ0v) is 19.4. The van der Waals surface area contributed by atoms with Crippen molar-refractivity contribution in [2.45, 2.75) is 51.6 Å². The molecule has 3 unspecified atom stereocenters. The zero-order valence-electron chi connectivity index (χ0n) is 16.2. The number of halogens is 1. The highest BCUT2D eigenvalue weighted by Gasteiger charge is 2.28. The number of rotatable bonds is 5. The SMILES string of the molecule is CC1CCCCC1NC(=NCc1ccnn1C)NCC1CCS(=O)(=O)C1.I. The molecule has 0 spiro atoms. The first kappa shape index (κ1) is 22.4. The average molecular weight is 509 g/mol. The average Bonchev–Trinajstić information content (AvgIpc) is 3.16. The molecule has 3 rings (SSSR count). The van der Waals surface area contributed by atoms with E-state index in [2.05, 4.69) is 22.7 Å². The van der Waals surface area contributed by atoms with Crippen LogP contribution in [0.3, 0.4) is 0 Å². The van der Waals surface area contributed by atoms with Gasteiger partial charge in [-0.25, -0.2) is 13.4 Å². The van der Waals surface area contributed by atoms with Gasteiger partial charge in [-0.05, 0) is 37.2 Å². The molecule has 1 saturated heterocycles. The molecular formula is C18H32IN5O2S. The molecule has 27 heavy (non-hydrogen) atoms. The number of nitrogens with one attached hydrogen (secondary N) is 2. The van der Waals surface area contributed by atoms with Crippen LogP contribution in [0, 0.1) is 11.8 Å². The summed E-state index contributed by atoms with van der Waals surface area (Å²) in [5.41, 5.74) is 1.05. The summed E-state index contributed by atoms with van der Waals surface area (Å²) in [4.78, 5) is 4.74. The first-order valence-electron chi connectivity index (χ1n) is 9.65. The van der Waals surface area contributed by atoms with Crippen LogP contribution in [-0.4, -0.2) is 48.3 Å². The number of hydrogen-bond acceptors (Lipinski definition) is 4. The molecule has 0 bridgehead atoms. The predicted molar refractivity (Wildman–Crippen MR) is 119 cm³/mol. The first-order chi connectivity index (χ1) is 12.4.